The second-order valence-electron chi connectivity index (χ2n) is 4.22. The van der Waals surface area contributed by atoms with Gasteiger partial charge < -0.3 is 4.90 Å². The zero-order valence-corrected chi connectivity index (χ0v) is 10.7. The van der Waals surface area contributed by atoms with Crippen molar-refractivity contribution in [1.29, 1.82) is 5.26 Å². The fourth-order valence-corrected chi connectivity index (χ4v) is 2.08. The van der Waals surface area contributed by atoms with Crippen LogP contribution in [0.4, 0.5) is 0 Å². The number of amides is 1. The third-order valence-corrected chi connectivity index (χ3v) is 3.18. The van der Waals surface area contributed by atoms with Crippen LogP contribution >= 0.6 is 11.6 Å². The largest absolute Gasteiger partial charge is 0.338 e. The molecule has 1 aromatic rings. The summed E-state index contributed by atoms with van der Waals surface area (Å²) >= 11 is 5.79. The molecule has 3 nitrogen and oxygen atoms in total. The van der Waals surface area contributed by atoms with Gasteiger partial charge in [-0.15, -0.1) is 0 Å². The van der Waals surface area contributed by atoms with Crippen molar-refractivity contribution in [2.75, 3.05) is 13.1 Å². The predicted octanol–water partition coefficient (Wildman–Crippen LogP) is 2.87. The summed E-state index contributed by atoms with van der Waals surface area (Å²) in [6, 6.07) is 9.03. The Kier molecular flexibility index (Phi) is 4.01. The van der Waals surface area contributed by atoms with Crippen molar-refractivity contribution in [1.82, 2.24) is 4.90 Å². The summed E-state index contributed by atoms with van der Waals surface area (Å²) in [5, 5.41) is 9.72. The Labute approximate surface area is 111 Å². The Morgan fingerprint density at radius 3 is 2.44 bits per heavy atom. The van der Waals surface area contributed by atoms with E-state index in [1.165, 1.54) is 0 Å². The van der Waals surface area contributed by atoms with E-state index in [0.29, 0.717) is 5.02 Å². The van der Waals surface area contributed by atoms with E-state index in [2.05, 4.69) is 0 Å². The van der Waals surface area contributed by atoms with E-state index < -0.39 is 0 Å². The fraction of sp³-hybridized carbons (Fsp3) is 0.286. The monoisotopic (exact) mass is 260 g/mol. The summed E-state index contributed by atoms with van der Waals surface area (Å²) in [4.78, 5) is 13.8. The van der Waals surface area contributed by atoms with E-state index in [0.717, 1.165) is 31.5 Å². The molecule has 1 saturated heterocycles. The van der Waals surface area contributed by atoms with Gasteiger partial charge in [-0.25, -0.2) is 0 Å². The first-order valence-corrected chi connectivity index (χ1v) is 6.25. The summed E-state index contributed by atoms with van der Waals surface area (Å²) < 4.78 is 0. The van der Waals surface area contributed by atoms with Crippen LogP contribution in [0.25, 0.3) is 6.08 Å². The molecule has 1 aliphatic heterocycles. The smallest absolute Gasteiger partial charge is 0.264 e. The zero-order chi connectivity index (χ0) is 13.0. The first kappa shape index (κ1) is 12.7. The lowest BCUT2D eigenvalue weighted by molar-refractivity contribution is -0.125. The van der Waals surface area contributed by atoms with E-state index in [9.17, 15) is 4.79 Å². The summed E-state index contributed by atoms with van der Waals surface area (Å²) in [6.45, 7) is 1.50. The van der Waals surface area contributed by atoms with Crippen LogP contribution in [0.2, 0.25) is 5.02 Å². The van der Waals surface area contributed by atoms with Crippen LogP contribution in [-0.2, 0) is 4.79 Å². The van der Waals surface area contributed by atoms with Gasteiger partial charge in [-0.2, -0.15) is 5.26 Å². The number of nitrogens with zero attached hydrogens (tertiary/aromatic N) is 2. The SMILES string of the molecule is N#C/C(=C\c1ccc(Cl)cc1)C(=O)N1CCCC1. The number of benzene rings is 1. The minimum atomic E-state index is -0.176. The molecule has 0 aliphatic carbocycles. The van der Waals surface area contributed by atoms with Gasteiger partial charge in [0.15, 0.2) is 0 Å². The van der Waals surface area contributed by atoms with Crippen molar-refractivity contribution in [2.24, 2.45) is 0 Å². The normalized spacial score (nSPS) is 15.6. The van der Waals surface area contributed by atoms with Crippen molar-refractivity contribution in [3.63, 3.8) is 0 Å². The highest BCUT2D eigenvalue weighted by atomic mass is 35.5. The first-order chi connectivity index (χ1) is 8.70. The third kappa shape index (κ3) is 2.91. The molecule has 92 valence electrons. The van der Waals surface area contributed by atoms with Gasteiger partial charge in [0.05, 0.1) is 0 Å². The molecule has 0 aromatic heterocycles. The highest BCUT2D eigenvalue weighted by Gasteiger charge is 2.21. The van der Waals surface area contributed by atoms with Crippen LogP contribution in [0.1, 0.15) is 18.4 Å². The highest BCUT2D eigenvalue weighted by molar-refractivity contribution is 6.30. The minimum Gasteiger partial charge on any atom is -0.338 e. The van der Waals surface area contributed by atoms with Crippen LogP contribution in [-0.4, -0.2) is 23.9 Å². The molecule has 0 unspecified atom stereocenters. The molecule has 1 aromatic carbocycles. The van der Waals surface area contributed by atoms with E-state index in [4.69, 9.17) is 16.9 Å². The van der Waals surface area contributed by atoms with Crippen molar-refractivity contribution in [3.8, 4) is 6.07 Å². The van der Waals surface area contributed by atoms with E-state index in [1.54, 1.807) is 35.2 Å². The van der Waals surface area contributed by atoms with Crippen LogP contribution in [0.5, 0.6) is 0 Å². The summed E-state index contributed by atoms with van der Waals surface area (Å²) in [5.41, 5.74) is 0.989. The maximum Gasteiger partial charge on any atom is 0.264 e. The van der Waals surface area contributed by atoms with Crippen molar-refractivity contribution in [2.45, 2.75) is 12.8 Å². The van der Waals surface area contributed by atoms with Crippen LogP contribution in [0.15, 0.2) is 29.8 Å². The van der Waals surface area contributed by atoms with Gasteiger partial charge in [0.25, 0.3) is 5.91 Å². The van der Waals surface area contributed by atoms with Gasteiger partial charge in [0, 0.05) is 18.1 Å². The average Bonchev–Trinajstić information content (AvgIpc) is 2.91. The number of hydrogen-bond acceptors (Lipinski definition) is 2. The number of nitriles is 1. The van der Waals surface area contributed by atoms with Crippen molar-refractivity contribution >= 4 is 23.6 Å². The zero-order valence-electron chi connectivity index (χ0n) is 9.90. The summed E-state index contributed by atoms with van der Waals surface area (Å²) in [6.07, 6.45) is 3.65. The lowest BCUT2D eigenvalue weighted by Crippen LogP contribution is -2.28. The van der Waals surface area contributed by atoms with Gasteiger partial charge in [-0.1, -0.05) is 23.7 Å². The fourth-order valence-electron chi connectivity index (χ4n) is 1.96. The Balaban J connectivity index is 2.20. The molecule has 0 N–H and O–H groups in total. The van der Waals surface area contributed by atoms with E-state index >= 15 is 0 Å². The minimum absolute atomic E-state index is 0.176. The molecule has 1 aliphatic rings. The molecular weight excluding hydrogens is 248 g/mol. The number of hydrogen-bond donors (Lipinski definition) is 0. The molecule has 0 bridgehead atoms. The Hall–Kier alpha value is -1.79. The van der Waals surface area contributed by atoms with Crippen molar-refractivity contribution in [3.05, 3.63) is 40.4 Å². The van der Waals surface area contributed by atoms with E-state index in [-0.39, 0.29) is 11.5 Å². The van der Waals surface area contributed by atoms with Gasteiger partial charge in [-0.3, -0.25) is 4.79 Å². The number of carbonyl (C=O) groups excluding carboxylic acids is 1. The second kappa shape index (κ2) is 5.70. The Bertz CT molecular complexity index is 508. The molecular formula is C14H13ClN2O. The third-order valence-electron chi connectivity index (χ3n) is 2.93. The number of carbonyl (C=O) groups is 1. The van der Waals surface area contributed by atoms with Crippen molar-refractivity contribution < 1.29 is 4.79 Å². The molecule has 0 atom stereocenters. The van der Waals surface area contributed by atoms with Gasteiger partial charge in [0.2, 0.25) is 0 Å². The van der Waals surface area contributed by atoms with Crippen LogP contribution in [0, 0.1) is 11.3 Å². The molecule has 18 heavy (non-hydrogen) atoms. The summed E-state index contributed by atoms with van der Waals surface area (Å²) in [5.74, 6) is -0.176. The highest BCUT2D eigenvalue weighted by Crippen LogP contribution is 2.16. The number of likely N-dealkylation sites (tertiary alicyclic amines) is 1. The number of halogens is 1. The molecule has 0 spiro atoms. The molecule has 0 radical (unpaired) electrons. The summed E-state index contributed by atoms with van der Waals surface area (Å²) in [7, 11) is 0. The average molecular weight is 261 g/mol. The molecule has 1 amide bonds. The van der Waals surface area contributed by atoms with Crippen LogP contribution < -0.4 is 0 Å². The van der Waals surface area contributed by atoms with Gasteiger partial charge >= 0.3 is 0 Å². The maximum atomic E-state index is 12.1. The van der Waals surface area contributed by atoms with E-state index in [1.807, 2.05) is 6.07 Å². The number of rotatable bonds is 2. The predicted molar refractivity (Wildman–Crippen MR) is 70.9 cm³/mol. The first-order valence-electron chi connectivity index (χ1n) is 5.87. The molecule has 1 fully saturated rings. The topological polar surface area (TPSA) is 44.1 Å². The van der Waals surface area contributed by atoms with Gasteiger partial charge in [-0.05, 0) is 36.6 Å². The lowest BCUT2D eigenvalue weighted by Gasteiger charge is -2.13. The maximum absolute atomic E-state index is 12.1. The lowest BCUT2D eigenvalue weighted by atomic mass is 10.1. The Morgan fingerprint density at radius 2 is 1.89 bits per heavy atom. The Morgan fingerprint density at radius 1 is 1.28 bits per heavy atom. The molecule has 2 rings (SSSR count). The second-order valence-corrected chi connectivity index (χ2v) is 4.66. The molecule has 4 heteroatoms. The van der Waals surface area contributed by atoms with Crippen LogP contribution in [0.3, 0.4) is 0 Å². The molecule has 1 heterocycles. The van der Waals surface area contributed by atoms with Gasteiger partial charge in [0.1, 0.15) is 11.6 Å². The quantitative estimate of drug-likeness (QED) is 0.606. The molecule has 0 saturated carbocycles. The standard InChI is InChI=1S/C14H13ClN2O/c15-13-5-3-11(4-6-13)9-12(10-16)14(18)17-7-1-2-8-17/h3-6,9H,1-2,7-8H2/b12-9+.